The maximum atomic E-state index is 11.6. The van der Waals surface area contributed by atoms with Gasteiger partial charge in [-0.1, -0.05) is 43.3 Å². The third kappa shape index (κ3) is 3.58. The van der Waals surface area contributed by atoms with Gasteiger partial charge in [0, 0.05) is 4.90 Å². The van der Waals surface area contributed by atoms with Gasteiger partial charge in [0.2, 0.25) is 0 Å². The number of thioether (sulfide) groups is 1. The highest BCUT2D eigenvalue weighted by atomic mass is 32.2. The van der Waals surface area contributed by atoms with E-state index in [1.807, 2.05) is 42.7 Å². The first kappa shape index (κ1) is 15.4. The third-order valence-corrected chi connectivity index (χ3v) is 4.18. The van der Waals surface area contributed by atoms with Gasteiger partial charge in [-0.05, 0) is 30.4 Å². The van der Waals surface area contributed by atoms with E-state index in [9.17, 15) is 9.90 Å². The zero-order valence-corrected chi connectivity index (χ0v) is 13.0. The van der Waals surface area contributed by atoms with Crippen LogP contribution in [-0.4, -0.2) is 17.3 Å². The average Bonchev–Trinajstić information content (AvgIpc) is 2.52. The number of hydrogen-bond acceptors (Lipinski definition) is 3. The molecular formula is C17H19NO2S. The molecule has 0 saturated carbocycles. The summed E-state index contributed by atoms with van der Waals surface area (Å²) in [6.45, 7) is 2.09. The molecule has 1 unspecified atom stereocenters. The van der Waals surface area contributed by atoms with Crippen LogP contribution in [0.5, 0.6) is 0 Å². The molecule has 21 heavy (non-hydrogen) atoms. The van der Waals surface area contributed by atoms with Crippen molar-refractivity contribution < 1.29 is 9.90 Å². The molecule has 2 aromatic carbocycles. The molecule has 0 aliphatic heterocycles. The Labute approximate surface area is 129 Å². The minimum Gasteiger partial charge on any atom is -0.478 e. The molecule has 4 heteroatoms. The Morgan fingerprint density at radius 2 is 1.90 bits per heavy atom. The van der Waals surface area contributed by atoms with Crippen LogP contribution in [0.4, 0.5) is 5.69 Å². The number of carbonyl (C=O) groups is 1. The normalized spacial score (nSPS) is 11.9. The Hall–Kier alpha value is -1.94. The van der Waals surface area contributed by atoms with E-state index in [1.54, 1.807) is 0 Å². The highest BCUT2D eigenvalue weighted by molar-refractivity contribution is 7.98. The van der Waals surface area contributed by atoms with Gasteiger partial charge in [-0.15, -0.1) is 11.8 Å². The number of benzene rings is 2. The van der Waals surface area contributed by atoms with Crippen molar-refractivity contribution in [3.63, 3.8) is 0 Å². The standard InChI is InChI=1S/C17H19NO2S/c1-3-13(12-8-5-4-6-9-12)18-14-10-7-11-15(21-2)16(14)17(19)20/h4-11,13,18H,3H2,1-2H3,(H,19,20). The molecule has 1 atom stereocenters. The lowest BCUT2D eigenvalue weighted by atomic mass is 10.0. The van der Waals surface area contributed by atoms with Gasteiger partial charge in [0.15, 0.2) is 0 Å². The van der Waals surface area contributed by atoms with Crippen LogP contribution in [0.15, 0.2) is 53.4 Å². The summed E-state index contributed by atoms with van der Waals surface area (Å²) in [5.74, 6) is -0.898. The Balaban J connectivity index is 2.36. The monoisotopic (exact) mass is 301 g/mol. The smallest absolute Gasteiger partial charge is 0.338 e. The number of carboxylic acid groups (broad SMARTS) is 1. The molecule has 0 bridgehead atoms. The van der Waals surface area contributed by atoms with Crippen molar-refractivity contribution in [3.05, 3.63) is 59.7 Å². The molecule has 2 N–H and O–H groups in total. The van der Waals surface area contributed by atoms with Crippen LogP contribution in [0.2, 0.25) is 0 Å². The molecule has 0 radical (unpaired) electrons. The molecule has 0 heterocycles. The quantitative estimate of drug-likeness (QED) is 0.761. The topological polar surface area (TPSA) is 49.3 Å². The van der Waals surface area contributed by atoms with Crippen molar-refractivity contribution in [1.82, 2.24) is 0 Å². The number of rotatable bonds is 6. The Morgan fingerprint density at radius 1 is 1.19 bits per heavy atom. The molecule has 0 fully saturated rings. The van der Waals surface area contributed by atoms with Crippen molar-refractivity contribution in [2.75, 3.05) is 11.6 Å². The van der Waals surface area contributed by atoms with Gasteiger partial charge in [0.1, 0.15) is 0 Å². The summed E-state index contributed by atoms with van der Waals surface area (Å²) in [6.07, 6.45) is 2.77. The minimum absolute atomic E-state index is 0.0985. The molecule has 2 rings (SSSR count). The summed E-state index contributed by atoms with van der Waals surface area (Å²) in [4.78, 5) is 12.3. The summed E-state index contributed by atoms with van der Waals surface area (Å²) >= 11 is 1.45. The lowest BCUT2D eigenvalue weighted by molar-refractivity contribution is 0.0694. The first-order valence-electron chi connectivity index (χ1n) is 6.89. The van der Waals surface area contributed by atoms with Gasteiger partial charge in [0.25, 0.3) is 0 Å². The number of carboxylic acids is 1. The summed E-state index contributed by atoms with van der Waals surface area (Å²) in [5.41, 5.74) is 2.18. The molecule has 110 valence electrons. The van der Waals surface area contributed by atoms with E-state index in [4.69, 9.17) is 0 Å². The van der Waals surface area contributed by atoms with Crippen molar-refractivity contribution >= 4 is 23.4 Å². The van der Waals surface area contributed by atoms with Gasteiger partial charge >= 0.3 is 5.97 Å². The fourth-order valence-corrected chi connectivity index (χ4v) is 2.95. The number of hydrogen-bond donors (Lipinski definition) is 2. The molecule has 0 saturated heterocycles. The van der Waals surface area contributed by atoms with Crippen molar-refractivity contribution in [1.29, 1.82) is 0 Å². The summed E-state index contributed by atoms with van der Waals surface area (Å²) in [5, 5.41) is 12.9. The van der Waals surface area contributed by atoms with Crippen LogP contribution in [0.3, 0.4) is 0 Å². The molecule has 0 aromatic heterocycles. The van der Waals surface area contributed by atoms with Crippen molar-refractivity contribution in [2.45, 2.75) is 24.3 Å². The fraction of sp³-hybridized carbons (Fsp3) is 0.235. The second-order valence-corrected chi connectivity index (χ2v) is 5.55. The van der Waals surface area contributed by atoms with E-state index < -0.39 is 5.97 Å². The molecular weight excluding hydrogens is 282 g/mol. The van der Waals surface area contributed by atoms with Crippen LogP contribution in [0.25, 0.3) is 0 Å². The van der Waals surface area contributed by atoms with Crippen LogP contribution >= 0.6 is 11.8 Å². The molecule has 0 aliphatic rings. The predicted octanol–water partition coefficient (Wildman–Crippen LogP) is 4.67. The Bertz CT molecular complexity index is 613. The zero-order valence-electron chi connectivity index (χ0n) is 12.2. The Kier molecular flexibility index (Phi) is 5.28. The van der Waals surface area contributed by atoms with Crippen LogP contribution in [0, 0.1) is 0 Å². The van der Waals surface area contributed by atoms with E-state index in [-0.39, 0.29) is 6.04 Å². The summed E-state index contributed by atoms with van der Waals surface area (Å²) < 4.78 is 0. The predicted molar refractivity (Wildman–Crippen MR) is 88.3 cm³/mol. The van der Waals surface area contributed by atoms with E-state index in [0.29, 0.717) is 11.3 Å². The third-order valence-electron chi connectivity index (χ3n) is 3.40. The second-order valence-electron chi connectivity index (χ2n) is 4.70. The lowest BCUT2D eigenvalue weighted by Gasteiger charge is -2.21. The maximum Gasteiger partial charge on any atom is 0.338 e. The molecule has 0 aliphatic carbocycles. The molecule has 0 spiro atoms. The van der Waals surface area contributed by atoms with E-state index in [2.05, 4.69) is 24.4 Å². The van der Waals surface area contributed by atoms with E-state index in [1.165, 1.54) is 11.8 Å². The summed E-state index contributed by atoms with van der Waals surface area (Å²) in [7, 11) is 0. The van der Waals surface area contributed by atoms with Crippen LogP contribution in [-0.2, 0) is 0 Å². The van der Waals surface area contributed by atoms with Gasteiger partial charge in [0.05, 0.1) is 17.3 Å². The zero-order chi connectivity index (χ0) is 15.2. The molecule has 3 nitrogen and oxygen atoms in total. The largest absolute Gasteiger partial charge is 0.478 e. The Morgan fingerprint density at radius 3 is 2.48 bits per heavy atom. The molecule has 2 aromatic rings. The minimum atomic E-state index is -0.898. The lowest BCUT2D eigenvalue weighted by Crippen LogP contribution is -2.13. The highest BCUT2D eigenvalue weighted by Crippen LogP contribution is 2.30. The SMILES string of the molecule is CCC(Nc1cccc(SC)c1C(=O)O)c1ccccc1. The number of anilines is 1. The van der Waals surface area contributed by atoms with E-state index >= 15 is 0 Å². The van der Waals surface area contributed by atoms with Gasteiger partial charge in [-0.2, -0.15) is 0 Å². The van der Waals surface area contributed by atoms with Gasteiger partial charge in [-0.25, -0.2) is 4.79 Å². The highest BCUT2D eigenvalue weighted by Gasteiger charge is 2.17. The number of nitrogens with one attached hydrogen (secondary N) is 1. The fourth-order valence-electron chi connectivity index (χ4n) is 2.34. The average molecular weight is 301 g/mol. The summed E-state index contributed by atoms with van der Waals surface area (Å²) in [6, 6.07) is 15.7. The first-order valence-corrected chi connectivity index (χ1v) is 8.11. The van der Waals surface area contributed by atoms with E-state index in [0.717, 1.165) is 16.9 Å². The van der Waals surface area contributed by atoms with Crippen LogP contribution < -0.4 is 5.32 Å². The maximum absolute atomic E-state index is 11.6. The van der Waals surface area contributed by atoms with Gasteiger partial charge < -0.3 is 10.4 Å². The van der Waals surface area contributed by atoms with Gasteiger partial charge in [-0.3, -0.25) is 0 Å². The van der Waals surface area contributed by atoms with Crippen LogP contribution in [0.1, 0.15) is 35.3 Å². The van der Waals surface area contributed by atoms with Crippen molar-refractivity contribution in [2.24, 2.45) is 0 Å². The second kappa shape index (κ2) is 7.18. The number of aromatic carboxylic acids is 1. The first-order chi connectivity index (χ1) is 10.2. The molecule has 0 amide bonds. The van der Waals surface area contributed by atoms with Crippen molar-refractivity contribution in [3.8, 4) is 0 Å².